The van der Waals surface area contributed by atoms with Gasteiger partial charge in [-0.3, -0.25) is 6.79 Å². The third-order valence-corrected chi connectivity index (χ3v) is 16.0. The van der Waals surface area contributed by atoms with Crippen LogP contribution in [0, 0.1) is 12.0 Å². The Kier molecular flexibility index (Phi) is 18.7. The van der Waals surface area contributed by atoms with Gasteiger partial charge >= 0.3 is 5.63 Å². The van der Waals surface area contributed by atoms with Crippen molar-refractivity contribution in [3.05, 3.63) is 263 Å². The fourth-order valence-electron chi connectivity index (χ4n) is 7.61. The Morgan fingerprint density at radius 3 is 1.30 bits per heavy atom. The third-order valence-electron chi connectivity index (χ3n) is 10.5. The molecule has 1 radical (unpaired) electrons. The van der Waals surface area contributed by atoms with Crippen LogP contribution in [0.2, 0.25) is 0 Å². The van der Waals surface area contributed by atoms with Crippen LogP contribution in [0.5, 0.6) is 0 Å². The van der Waals surface area contributed by atoms with E-state index in [2.05, 4.69) is 206 Å². The average Bonchev–Trinajstić information content (AvgIpc) is 3.75. The molecule has 5 nitrogen and oxygen atoms in total. The molecule has 0 saturated heterocycles. The molecule has 8 heteroatoms. The summed E-state index contributed by atoms with van der Waals surface area (Å²) in [5, 5.41) is 13.0. The molecule has 1 N–H and O–H groups in total. The summed E-state index contributed by atoms with van der Waals surface area (Å²) in [5.41, 5.74) is 2.59. The van der Waals surface area contributed by atoms with Gasteiger partial charge in [0.25, 0.3) is 0 Å². The Morgan fingerprint density at radius 2 is 0.906 bits per heavy atom. The van der Waals surface area contributed by atoms with Crippen molar-refractivity contribution < 1.29 is 34.1 Å². The fourth-order valence-corrected chi connectivity index (χ4v) is 12.8. The van der Waals surface area contributed by atoms with Crippen LogP contribution in [0.1, 0.15) is 5.56 Å². The number of fused-ring (bicyclic) bond motifs is 2. The van der Waals surface area contributed by atoms with Crippen LogP contribution in [0.25, 0.3) is 12.2 Å². The maximum atomic E-state index is 11.3. The van der Waals surface area contributed by atoms with Gasteiger partial charge in [-0.05, 0) is 91.0 Å². The standard InChI is InChI=1S/C19H16NO3.2C18H15P.CHO.Ir/c21-19-7-6-14-8-16-15(12-22-18(16)9-17(14)23-19)11-20-10-13-4-2-1-3-5-13;2*1-4-10-16(11-5-1)19(17-12-6-2-7-13-17)18-14-8-3-9-15-18;1-2;/h1-4,6-9,12,16,18,20H,10-11H2;2*1-15H;1H;/q-1;;;-1;/p+2. The van der Waals surface area contributed by atoms with E-state index in [0.29, 0.717) is 5.42 Å². The van der Waals surface area contributed by atoms with Crippen LogP contribution >= 0.6 is 15.8 Å². The van der Waals surface area contributed by atoms with Crippen molar-refractivity contribution >= 4 is 66.6 Å². The largest absolute Gasteiger partial charge is 0.545 e. The van der Waals surface area contributed by atoms with Crippen molar-refractivity contribution in [2.45, 2.75) is 12.6 Å². The van der Waals surface area contributed by atoms with E-state index in [4.69, 9.17) is 13.9 Å². The zero-order chi connectivity index (χ0) is 43.5. The summed E-state index contributed by atoms with van der Waals surface area (Å²) in [6.07, 6.45) is 5.72. The first-order chi connectivity index (χ1) is 31.2. The average molecular weight is 1050 g/mol. The van der Waals surface area contributed by atoms with E-state index >= 15 is 0 Å². The molecule has 1 aliphatic heterocycles. The van der Waals surface area contributed by atoms with Crippen molar-refractivity contribution in [3.8, 4) is 0 Å². The van der Waals surface area contributed by atoms with Gasteiger partial charge in [0.05, 0.1) is 22.1 Å². The minimum atomic E-state index is -0.877. The molecule has 0 spiro atoms. The normalized spacial score (nSPS) is 14.0. The summed E-state index contributed by atoms with van der Waals surface area (Å²) in [5.74, 6) is 0.183. The van der Waals surface area contributed by atoms with E-state index in [-0.39, 0.29) is 37.8 Å². The maximum absolute atomic E-state index is 11.3. The van der Waals surface area contributed by atoms with Crippen LogP contribution in [0.3, 0.4) is 0 Å². The zero-order valence-corrected chi connectivity index (χ0v) is 39.5. The maximum Gasteiger partial charge on any atom is 0.336 e. The van der Waals surface area contributed by atoms with Crippen LogP contribution in [0.4, 0.5) is 0 Å². The summed E-state index contributed by atoms with van der Waals surface area (Å²) in [6.45, 7) is 4.77. The number of hydrogen-bond acceptors (Lipinski definition) is 5. The molecule has 2 aliphatic rings. The summed E-state index contributed by atoms with van der Waals surface area (Å²) in [6, 6.07) is 79.4. The van der Waals surface area contributed by atoms with E-state index in [0.717, 1.165) is 23.9 Å². The zero-order valence-electron chi connectivity index (χ0n) is 35.1. The molecule has 0 saturated carbocycles. The molecule has 0 fully saturated rings. The van der Waals surface area contributed by atoms with Crippen molar-refractivity contribution in [1.29, 1.82) is 0 Å². The van der Waals surface area contributed by atoms with Gasteiger partial charge in [-0.1, -0.05) is 115 Å². The molecule has 1 aromatic heterocycles. The molecule has 1 aliphatic carbocycles. The second-order valence-electron chi connectivity index (χ2n) is 14.7. The Labute approximate surface area is 391 Å². The number of hydrogen-bond donors (Lipinski definition) is 1. The first kappa shape index (κ1) is 47.4. The van der Waals surface area contributed by atoms with Gasteiger partial charge in [-0.25, -0.2) is 4.79 Å². The molecule has 0 amide bonds. The second kappa shape index (κ2) is 25.3. The minimum Gasteiger partial charge on any atom is -0.545 e. The second-order valence-corrected chi connectivity index (χ2v) is 19.6. The number of ether oxygens (including phenoxy) is 1. The van der Waals surface area contributed by atoms with E-state index in [1.54, 1.807) is 6.07 Å². The van der Waals surface area contributed by atoms with E-state index in [1.807, 2.05) is 36.6 Å². The molecule has 10 rings (SSSR count). The minimum absolute atomic E-state index is 0. The van der Waals surface area contributed by atoms with Crippen molar-refractivity contribution in [1.82, 2.24) is 5.32 Å². The van der Waals surface area contributed by atoms with Crippen LogP contribution in [-0.2, 0) is 36.2 Å². The number of rotatable bonds is 10. The Balaban J connectivity index is 0.000000156. The molecule has 0 bridgehead atoms. The number of benzene rings is 7. The number of carbonyl (C=O) groups excluding carboxylic acids is 1. The predicted octanol–water partition coefficient (Wildman–Crippen LogP) is 6.78. The van der Waals surface area contributed by atoms with Crippen LogP contribution in [-0.4, -0.2) is 19.4 Å². The van der Waals surface area contributed by atoms with E-state index in [1.165, 1.54) is 43.5 Å². The summed E-state index contributed by atoms with van der Waals surface area (Å²) >= 11 is 0. The van der Waals surface area contributed by atoms with Gasteiger partial charge in [0, 0.05) is 49.9 Å². The molecule has 2 atom stereocenters. The number of nitrogens with one attached hydrogen (secondary N) is 1. The first-order valence-electron chi connectivity index (χ1n) is 20.8. The van der Waals surface area contributed by atoms with Gasteiger partial charge in [0.2, 0.25) is 0 Å². The molecule has 8 aromatic rings. The fraction of sp³-hybridized carbons (Fsp3) is 0.0714. The molecule has 321 valence electrons. The first-order valence-corrected chi connectivity index (χ1v) is 23.8. The summed E-state index contributed by atoms with van der Waals surface area (Å²) in [7, 11) is -1.75. The van der Waals surface area contributed by atoms with Crippen molar-refractivity contribution in [2.75, 3.05) is 6.54 Å². The van der Waals surface area contributed by atoms with Gasteiger partial charge in [0.1, 0.15) is 43.3 Å². The van der Waals surface area contributed by atoms with Crippen LogP contribution in [0.15, 0.2) is 239 Å². The van der Waals surface area contributed by atoms with Gasteiger partial charge < -0.3 is 19.3 Å². The molecular formula is C56H49IrNO4P2. The Bertz CT molecular complexity index is 2490. The topological polar surface area (TPSA) is 68.5 Å². The van der Waals surface area contributed by atoms with Gasteiger partial charge in [-0.2, -0.15) is 30.3 Å². The smallest absolute Gasteiger partial charge is 0.336 e. The predicted molar refractivity (Wildman–Crippen MR) is 266 cm³/mol. The third kappa shape index (κ3) is 13.0. The van der Waals surface area contributed by atoms with Gasteiger partial charge in [0.15, 0.2) is 0 Å². The quantitative estimate of drug-likeness (QED) is 0.0931. The van der Waals surface area contributed by atoms with Gasteiger partial charge in [-0.15, -0.1) is 5.56 Å². The monoisotopic (exact) mass is 1050 g/mol. The van der Waals surface area contributed by atoms with Crippen molar-refractivity contribution in [2.24, 2.45) is 5.92 Å². The molecular weight excluding hydrogens is 1000 g/mol. The van der Waals surface area contributed by atoms with E-state index in [9.17, 15) is 4.79 Å². The summed E-state index contributed by atoms with van der Waals surface area (Å²) in [4.78, 5) is 19.1. The molecule has 64 heavy (non-hydrogen) atoms. The molecule has 7 aromatic carbocycles. The SMILES string of the molecule is O=c1ccc2c(o1)=CC1OC=C(CNCc3[c-]cccc3)C1C=2.[CH-]=O.[Ir].c1ccc([PH+](c2ccccc2)c2ccccc2)cc1.c1ccc([PH+](c2ccccc2)c2ccccc2)cc1. The Morgan fingerprint density at radius 1 is 0.500 bits per heavy atom. The summed E-state index contributed by atoms with van der Waals surface area (Å²) < 4.78 is 10.9. The van der Waals surface area contributed by atoms with Crippen molar-refractivity contribution in [3.63, 3.8) is 0 Å². The molecule has 2 heterocycles. The molecule has 2 unspecified atom stereocenters. The van der Waals surface area contributed by atoms with Crippen LogP contribution < -0.4 is 53.4 Å². The Hall–Kier alpha value is -6.09. The van der Waals surface area contributed by atoms with E-state index < -0.39 is 15.8 Å².